The van der Waals surface area contributed by atoms with Crippen LogP contribution >= 0.6 is 0 Å². The largest absolute Gasteiger partial charge is 0.492 e. The molecule has 1 aromatic rings. The molecule has 1 heterocycles. The highest BCUT2D eigenvalue weighted by molar-refractivity contribution is 5.81. The minimum Gasteiger partial charge on any atom is -0.492 e. The molecule has 1 atom stereocenters. The van der Waals surface area contributed by atoms with Crippen molar-refractivity contribution in [1.29, 1.82) is 0 Å². The van der Waals surface area contributed by atoms with Crippen LogP contribution in [-0.2, 0) is 16.0 Å². The van der Waals surface area contributed by atoms with Crippen LogP contribution in [0.4, 0.5) is 0 Å². The Kier molecular flexibility index (Phi) is 5.06. The maximum atomic E-state index is 12.3. The molecule has 1 aliphatic rings. The van der Waals surface area contributed by atoms with Crippen molar-refractivity contribution in [2.45, 2.75) is 33.1 Å². The molecule has 0 radical (unpaired) electrons. The van der Waals surface area contributed by atoms with Crippen LogP contribution in [0.1, 0.15) is 32.3 Å². The highest BCUT2D eigenvalue weighted by atomic mass is 16.5. The zero-order valence-corrected chi connectivity index (χ0v) is 13.1. The van der Waals surface area contributed by atoms with E-state index in [1.807, 2.05) is 38.1 Å². The molecule has 1 unspecified atom stereocenters. The second-order valence-corrected chi connectivity index (χ2v) is 5.83. The predicted molar refractivity (Wildman–Crippen MR) is 82.8 cm³/mol. The Hall–Kier alpha value is -2.04. The normalized spacial score (nSPS) is 17.3. The number of carbonyl (C=O) groups is 2. The zero-order valence-electron chi connectivity index (χ0n) is 13.1. The Labute approximate surface area is 130 Å². The Balaban J connectivity index is 1.98. The maximum absolute atomic E-state index is 12.3. The minimum atomic E-state index is -0.886. The fourth-order valence-electron chi connectivity index (χ4n) is 2.78. The molecule has 1 aromatic carbocycles. The SMILES string of the molecule is CCC(CC)(CNC(=O)C1COc2ccccc2C1)C(=O)O. The average Bonchev–Trinajstić information content (AvgIpc) is 2.55. The third-order valence-electron chi connectivity index (χ3n) is 4.66. The van der Waals surface area contributed by atoms with E-state index in [4.69, 9.17) is 4.74 Å². The number of amides is 1. The number of rotatable bonds is 6. The van der Waals surface area contributed by atoms with Crippen molar-refractivity contribution in [1.82, 2.24) is 5.32 Å². The lowest BCUT2D eigenvalue weighted by molar-refractivity contribution is -0.149. The fraction of sp³-hybridized carbons (Fsp3) is 0.529. The second-order valence-electron chi connectivity index (χ2n) is 5.83. The molecule has 0 fully saturated rings. The van der Waals surface area contributed by atoms with E-state index in [1.165, 1.54) is 0 Å². The molecule has 0 saturated heterocycles. The van der Waals surface area contributed by atoms with Gasteiger partial charge in [-0.15, -0.1) is 0 Å². The Morgan fingerprint density at radius 1 is 1.32 bits per heavy atom. The highest BCUT2D eigenvalue weighted by Gasteiger charge is 2.36. The molecule has 120 valence electrons. The van der Waals surface area contributed by atoms with Crippen LogP contribution in [0, 0.1) is 11.3 Å². The van der Waals surface area contributed by atoms with Crippen molar-refractivity contribution >= 4 is 11.9 Å². The quantitative estimate of drug-likeness (QED) is 0.845. The van der Waals surface area contributed by atoms with Gasteiger partial charge >= 0.3 is 5.97 Å². The van der Waals surface area contributed by atoms with Crippen molar-refractivity contribution in [3.8, 4) is 5.75 Å². The lowest BCUT2D eigenvalue weighted by Crippen LogP contribution is -2.45. The lowest BCUT2D eigenvalue weighted by Gasteiger charge is -2.29. The zero-order chi connectivity index (χ0) is 16.2. The summed E-state index contributed by atoms with van der Waals surface area (Å²) >= 11 is 0. The molecule has 5 nitrogen and oxygen atoms in total. The van der Waals surface area contributed by atoms with Gasteiger partial charge in [0.2, 0.25) is 5.91 Å². The summed E-state index contributed by atoms with van der Waals surface area (Å²) in [6.07, 6.45) is 1.60. The average molecular weight is 305 g/mol. The molecule has 1 amide bonds. The number of hydrogen-bond donors (Lipinski definition) is 2. The van der Waals surface area contributed by atoms with E-state index in [0.29, 0.717) is 25.9 Å². The van der Waals surface area contributed by atoms with Crippen molar-refractivity contribution in [2.75, 3.05) is 13.2 Å². The molecule has 0 aromatic heterocycles. The number of carbonyl (C=O) groups excluding carboxylic acids is 1. The monoisotopic (exact) mass is 305 g/mol. The van der Waals surface area contributed by atoms with Gasteiger partial charge in [-0.05, 0) is 30.9 Å². The predicted octanol–water partition coefficient (Wildman–Crippen LogP) is 2.24. The van der Waals surface area contributed by atoms with E-state index in [1.54, 1.807) is 0 Å². The summed E-state index contributed by atoms with van der Waals surface area (Å²) in [7, 11) is 0. The number of nitrogens with one attached hydrogen (secondary N) is 1. The van der Waals surface area contributed by atoms with Gasteiger partial charge in [-0.1, -0.05) is 32.0 Å². The third kappa shape index (κ3) is 3.24. The summed E-state index contributed by atoms with van der Waals surface area (Å²) in [5.74, 6) is -0.436. The number of carboxylic acid groups (broad SMARTS) is 1. The summed E-state index contributed by atoms with van der Waals surface area (Å²) in [5.41, 5.74) is 0.132. The first-order valence-corrected chi connectivity index (χ1v) is 7.74. The molecule has 0 saturated carbocycles. The number of fused-ring (bicyclic) bond motifs is 1. The summed E-state index contributed by atoms with van der Waals surface area (Å²) in [6, 6.07) is 7.68. The molecule has 2 rings (SSSR count). The smallest absolute Gasteiger partial charge is 0.311 e. The molecule has 1 aliphatic heterocycles. The summed E-state index contributed by atoms with van der Waals surface area (Å²) in [6.45, 7) is 4.17. The fourth-order valence-corrected chi connectivity index (χ4v) is 2.78. The van der Waals surface area contributed by atoms with Crippen LogP contribution in [0.25, 0.3) is 0 Å². The highest BCUT2D eigenvalue weighted by Crippen LogP contribution is 2.28. The number of hydrogen-bond acceptors (Lipinski definition) is 3. The molecular weight excluding hydrogens is 282 g/mol. The van der Waals surface area contributed by atoms with E-state index in [9.17, 15) is 14.7 Å². The van der Waals surface area contributed by atoms with Crippen molar-refractivity contribution in [3.05, 3.63) is 29.8 Å². The van der Waals surface area contributed by atoms with Crippen molar-refractivity contribution in [2.24, 2.45) is 11.3 Å². The van der Waals surface area contributed by atoms with Gasteiger partial charge in [-0.25, -0.2) is 0 Å². The number of aliphatic carboxylic acids is 1. The summed E-state index contributed by atoms with van der Waals surface area (Å²) in [5, 5.41) is 12.2. The van der Waals surface area contributed by atoms with E-state index in [0.717, 1.165) is 11.3 Å². The number of para-hydroxylation sites is 1. The van der Waals surface area contributed by atoms with Crippen LogP contribution < -0.4 is 10.1 Å². The number of ether oxygens (including phenoxy) is 1. The number of carboxylic acids is 1. The summed E-state index contributed by atoms with van der Waals surface area (Å²) in [4.78, 5) is 23.8. The lowest BCUT2D eigenvalue weighted by atomic mass is 9.82. The van der Waals surface area contributed by atoms with E-state index in [-0.39, 0.29) is 18.4 Å². The molecule has 5 heteroatoms. The standard InChI is InChI=1S/C17H23NO4/c1-3-17(4-2,16(20)21)11-18-15(19)13-9-12-7-5-6-8-14(12)22-10-13/h5-8,13H,3-4,9-11H2,1-2H3,(H,18,19)(H,20,21). The molecule has 0 bridgehead atoms. The van der Waals surface area contributed by atoms with Crippen LogP contribution in [-0.4, -0.2) is 30.1 Å². The molecule has 2 N–H and O–H groups in total. The van der Waals surface area contributed by atoms with Crippen LogP contribution in [0.3, 0.4) is 0 Å². The second kappa shape index (κ2) is 6.81. The van der Waals surface area contributed by atoms with Gasteiger partial charge in [0.1, 0.15) is 12.4 Å². The third-order valence-corrected chi connectivity index (χ3v) is 4.66. The topological polar surface area (TPSA) is 75.6 Å². The Bertz CT molecular complexity index is 551. The van der Waals surface area contributed by atoms with Gasteiger partial charge in [-0.3, -0.25) is 9.59 Å². The van der Waals surface area contributed by atoms with Crippen LogP contribution in [0.5, 0.6) is 5.75 Å². The van der Waals surface area contributed by atoms with E-state index in [2.05, 4.69) is 5.32 Å². The first kappa shape index (κ1) is 16.3. The first-order chi connectivity index (χ1) is 10.5. The van der Waals surface area contributed by atoms with Crippen molar-refractivity contribution in [3.63, 3.8) is 0 Å². The molecular formula is C17H23NO4. The van der Waals surface area contributed by atoms with Gasteiger partial charge in [0.05, 0.1) is 11.3 Å². The number of benzene rings is 1. The maximum Gasteiger partial charge on any atom is 0.311 e. The minimum absolute atomic E-state index is 0.137. The molecule has 0 aliphatic carbocycles. The van der Waals surface area contributed by atoms with Gasteiger partial charge in [0.15, 0.2) is 0 Å². The Morgan fingerprint density at radius 2 is 2.00 bits per heavy atom. The van der Waals surface area contributed by atoms with Gasteiger partial charge in [-0.2, -0.15) is 0 Å². The van der Waals surface area contributed by atoms with Crippen LogP contribution in [0.15, 0.2) is 24.3 Å². The summed E-state index contributed by atoms with van der Waals surface area (Å²) < 4.78 is 5.61. The van der Waals surface area contributed by atoms with Crippen molar-refractivity contribution < 1.29 is 19.4 Å². The van der Waals surface area contributed by atoms with Crippen LogP contribution in [0.2, 0.25) is 0 Å². The van der Waals surface area contributed by atoms with E-state index < -0.39 is 11.4 Å². The molecule has 0 spiro atoms. The van der Waals surface area contributed by atoms with Gasteiger partial charge in [0, 0.05) is 6.54 Å². The molecule has 22 heavy (non-hydrogen) atoms. The van der Waals surface area contributed by atoms with Gasteiger partial charge < -0.3 is 15.2 Å². The van der Waals surface area contributed by atoms with Gasteiger partial charge in [0.25, 0.3) is 0 Å². The Morgan fingerprint density at radius 3 is 2.64 bits per heavy atom. The van der Waals surface area contributed by atoms with E-state index >= 15 is 0 Å². The first-order valence-electron chi connectivity index (χ1n) is 7.74.